The molecule has 1 aliphatic carbocycles. The maximum absolute atomic E-state index is 2.44. The Balaban J connectivity index is 1.26. The average Bonchev–Trinajstić information content (AvgIpc) is 3.18. The Hall–Kier alpha value is -5.92. The van der Waals surface area contributed by atoms with Crippen LogP contribution in [0.15, 0.2) is 176 Å². The van der Waals surface area contributed by atoms with Crippen LogP contribution >= 0.6 is 0 Å². The number of para-hydroxylation sites is 2. The molecule has 9 rings (SSSR count). The van der Waals surface area contributed by atoms with E-state index in [1.54, 1.807) is 0 Å². The van der Waals surface area contributed by atoms with Crippen LogP contribution in [-0.4, -0.2) is 0 Å². The highest BCUT2D eigenvalue weighted by atomic mass is 15.1. The van der Waals surface area contributed by atoms with Gasteiger partial charge >= 0.3 is 0 Å². The van der Waals surface area contributed by atoms with E-state index in [1.165, 1.54) is 66.1 Å². The van der Waals surface area contributed by atoms with Gasteiger partial charge in [-0.2, -0.15) is 0 Å². The van der Waals surface area contributed by atoms with Gasteiger partial charge in [-0.15, -0.1) is 0 Å². The predicted octanol–water partition coefficient (Wildman–Crippen LogP) is 14.0. The lowest BCUT2D eigenvalue weighted by Crippen LogP contribution is -2.42. The third-order valence-electron chi connectivity index (χ3n) is 11.8. The van der Waals surface area contributed by atoms with Gasteiger partial charge in [-0.1, -0.05) is 161 Å². The number of nitrogens with zero attached hydrogens (tertiary/aromatic N) is 1. The maximum Gasteiger partial charge on any atom is 0.0540 e. The van der Waals surface area contributed by atoms with Crippen LogP contribution in [0.25, 0.3) is 54.9 Å². The fraction of sp³-hybridized carbons (Fsp3) is 0.120. The van der Waals surface area contributed by atoms with Gasteiger partial charge in [0.2, 0.25) is 0 Å². The molecule has 1 nitrogen and oxygen atoms in total. The van der Waals surface area contributed by atoms with Gasteiger partial charge in [-0.3, -0.25) is 0 Å². The Morgan fingerprint density at radius 3 is 1.65 bits per heavy atom. The monoisotopic (exact) mass is 655 g/mol. The summed E-state index contributed by atoms with van der Waals surface area (Å²) in [6.07, 6.45) is 0. The lowest BCUT2D eigenvalue weighted by molar-refractivity contribution is 0.304. The summed E-state index contributed by atoms with van der Waals surface area (Å²) in [5.74, 6) is 0. The molecular formula is C50H41N. The molecule has 0 unspecified atom stereocenters. The van der Waals surface area contributed by atoms with Gasteiger partial charge in [0.25, 0.3) is 0 Å². The Bertz CT molecular complexity index is 2580. The van der Waals surface area contributed by atoms with E-state index in [0.717, 1.165) is 17.1 Å². The van der Waals surface area contributed by atoms with E-state index >= 15 is 0 Å². The first-order chi connectivity index (χ1) is 24.8. The zero-order valence-corrected chi connectivity index (χ0v) is 29.7. The molecule has 0 heterocycles. The van der Waals surface area contributed by atoms with Gasteiger partial charge < -0.3 is 4.90 Å². The summed E-state index contributed by atoms with van der Waals surface area (Å²) in [6.45, 7) is 9.67. The summed E-state index contributed by atoms with van der Waals surface area (Å²) in [6, 6.07) is 64.5. The minimum Gasteiger partial charge on any atom is -0.310 e. The summed E-state index contributed by atoms with van der Waals surface area (Å²) in [5, 5.41) is 5.40. The van der Waals surface area contributed by atoms with Crippen molar-refractivity contribution in [3.63, 3.8) is 0 Å². The maximum atomic E-state index is 2.44. The first-order valence-electron chi connectivity index (χ1n) is 18.0. The molecule has 0 aliphatic heterocycles. The van der Waals surface area contributed by atoms with Crippen LogP contribution in [0.4, 0.5) is 17.1 Å². The molecule has 0 saturated carbocycles. The summed E-state index contributed by atoms with van der Waals surface area (Å²) >= 11 is 0. The van der Waals surface area contributed by atoms with Crippen molar-refractivity contribution in [2.75, 3.05) is 4.90 Å². The van der Waals surface area contributed by atoms with Crippen molar-refractivity contribution in [3.8, 4) is 33.4 Å². The standard InChI is InChI=1S/C50H41N/c1-49(2)44-28-15-22-38-33-43(42-27-16-29-45(50(49,3)4)48(42)47(38)44)41-26-11-12-30-46(41)51(39-23-9-6-10-24-39)40-25-14-21-37(32-40)36-20-13-19-35(31-36)34-17-7-5-8-18-34/h5-33H,1-4H3. The quantitative estimate of drug-likeness (QED) is 0.161. The molecule has 0 saturated heterocycles. The summed E-state index contributed by atoms with van der Waals surface area (Å²) in [4.78, 5) is 2.43. The number of hydrogen-bond donors (Lipinski definition) is 0. The molecular weight excluding hydrogens is 615 g/mol. The van der Waals surface area contributed by atoms with Crippen molar-refractivity contribution >= 4 is 38.6 Å². The fourth-order valence-corrected chi connectivity index (χ4v) is 8.42. The molecule has 8 aromatic carbocycles. The topological polar surface area (TPSA) is 3.24 Å². The van der Waals surface area contributed by atoms with E-state index in [4.69, 9.17) is 0 Å². The van der Waals surface area contributed by atoms with E-state index in [0.29, 0.717) is 0 Å². The van der Waals surface area contributed by atoms with Gasteiger partial charge in [0.1, 0.15) is 0 Å². The van der Waals surface area contributed by atoms with Crippen LogP contribution in [0.2, 0.25) is 0 Å². The Kier molecular flexibility index (Phi) is 7.22. The molecule has 246 valence electrons. The first-order valence-corrected chi connectivity index (χ1v) is 18.0. The number of anilines is 3. The van der Waals surface area contributed by atoms with Crippen molar-refractivity contribution in [2.45, 2.75) is 38.5 Å². The highest BCUT2D eigenvalue weighted by Crippen LogP contribution is 2.55. The van der Waals surface area contributed by atoms with E-state index in [2.05, 4.69) is 209 Å². The van der Waals surface area contributed by atoms with Crippen molar-refractivity contribution in [3.05, 3.63) is 187 Å². The van der Waals surface area contributed by atoms with Crippen LogP contribution in [-0.2, 0) is 10.8 Å². The predicted molar refractivity (Wildman–Crippen MR) is 218 cm³/mol. The number of rotatable bonds is 6. The van der Waals surface area contributed by atoms with Crippen LogP contribution < -0.4 is 4.90 Å². The Morgan fingerprint density at radius 2 is 0.902 bits per heavy atom. The highest BCUT2D eigenvalue weighted by molar-refractivity contribution is 6.19. The summed E-state index contributed by atoms with van der Waals surface area (Å²) in [7, 11) is 0. The Labute approximate surface area is 301 Å². The molecule has 0 N–H and O–H groups in total. The minimum atomic E-state index is -0.0414. The van der Waals surface area contributed by atoms with Crippen molar-refractivity contribution in [2.24, 2.45) is 0 Å². The number of hydrogen-bond acceptors (Lipinski definition) is 1. The highest BCUT2D eigenvalue weighted by Gasteiger charge is 2.45. The third-order valence-corrected chi connectivity index (χ3v) is 11.8. The average molecular weight is 656 g/mol. The molecule has 1 aliphatic rings. The summed E-state index contributed by atoms with van der Waals surface area (Å²) in [5.41, 5.74) is 13.5. The second kappa shape index (κ2) is 11.9. The van der Waals surface area contributed by atoms with Crippen LogP contribution in [0.3, 0.4) is 0 Å². The molecule has 0 amide bonds. The number of benzene rings is 8. The zero-order chi connectivity index (χ0) is 34.7. The molecule has 0 atom stereocenters. The van der Waals surface area contributed by atoms with E-state index < -0.39 is 0 Å². The molecule has 0 radical (unpaired) electrons. The molecule has 8 aromatic rings. The van der Waals surface area contributed by atoms with E-state index in [-0.39, 0.29) is 10.8 Å². The molecule has 0 bridgehead atoms. The SMILES string of the molecule is CC1(C)c2cccc3cc(-c4ccccc4N(c4ccccc4)c4cccc(-c5cccc(-c6ccccc6)c5)c4)c4cccc(c4c23)C1(C)C. The van der Waals surface area contributed by atoms with Crippen molar-refractivity contribution < 1.29 is 0 Å². The van der Waals surface area contributed by atoms with E-state index in [9.17, 15) is 0 Å². The van der Waals surface area contributed by atoms with Gasteiger partial charge in [0.15, 0.2) is 0 Å². The first kappa shape index (κ1) is 31.1. The van der Waals surface area contributed by atoms with Crippen molar-refractivity contribution in [1.29, 1.82) is 0 Å². The molecule has 0 aromatic heterocycles. The molecule has 1 heteroatoms. The minimum absolute atomic E-state index is 0.0110. The third kappa shape index (κ3) is 4.91. The van der Waals surface area contributed by atoms with Gasteiger partial charge in [0.05, 0.1) is 5.69 Å². The van der Waals surface area contributed by atoms with Gasteiger partial charge in [0, 0.05) is 16.9 Å². The normalized spacial score (nSPS) is 14.2. The summed E-state index contributed by atoms with van der Waals surface area (Å²) < 4.78 is 0. The van der Waals surface area contributed by atoms with E-state index in [1.807, 2.05) is 0 Å². The fourth-order valence-electron chi connectivity index (χ4n) is 8.42. The van der Waals surface area contributed by atoms with Gasteiger partial charge in [-0.05, 0) is 114 Å². The van der Waals surface area contributed by atoms with Crippen LogP contribution in [0.5, 0.6) is 0 Å². The largest absolute Gasteiger partial charge is 0.310 e. The van der Waals surface area contributed by atoms with Crippen LogP contribution in [0.1, 0.15) is 38.8 Å². The smallest absolute Gasteiger partial charge is 0.0540 e. The Morgan fingerprint density at radius 1 is 0.373 bits per heavy atom. The second-order valence-electron chi connectivity index (χ2n) is 15.0. The molecule has 0 fully saturated rings. The molecule has 51 heavy (non-hydrogen) atoms. The van der Waals surface area contributed by atoms with Crippen molar-refractivity contribution in [1.82, 2.24) is 0 Å². The van der Waals surface area contributed by atoms with Crippen LogP contribution in [0, 0.1) is 0 Å². The zero-order valence-electron chi connectivity index (χ0n) is 29.7. The second-order valence-corrected chi connectivity index (χ2v) is 15.0. The lowest BCUT2D eigenvalue weighted by atomic mass is 9.56. The lowest BCUT2D eigenvalue weighted by Gasteiger charge is -2.47. The molecule has 0 spiro atoms. The van der Waals surface area contributed by atoms with Gasteiger partial charge in [-0.25, -0.2) is 0 Å².